The third kappa shape index (κ3) is 3.96. The molecule has 62 valence electrons. The van der Waals surface area contributed by atoms with Crippen LogP contribution in [0.25, 0.3) is 0 Å². The molecule has 3 N–H and O–H groups in total. The zero-order valence-corrected chi connectivity index (χ0v) is 6.50. The van der Waals surface area contributed by atoms with Crippen molar-refractivity contribution in [3.63, 3.8) is 0 Å². The van der Waals surface area contributed by atoms with Crippen LogP contribution in [0.5, 0.6) is 0 Å². The van der Waals surface area contributed by atoms with Crippen LogP contribution < -0.4 is 11.1 Å². The van der Waals surface area contributed by atoms with Crippen molar-refractivity contribution in [3.8, 4) is 0 Å². The molecule has 0 aromatic heterocycles. The predicted octanol–water partition coefficient (Wildman–Crippen LogP) is -1.38. The molecule has 5 heteroatoms. The number of amides is 2. The summed E-state index contributed by atoms with van der Waals surface area (Å²) in [5.74, 6) is -0.226. The first kappa shape index (κ1) is 9.48. The van der Waals surface area contributed by atoms with E-state index in [4.69, 9.17) is 5.73 Å². The van der Waals surface area contributed by atoms with Crippen LogP contribution in [0.15, 0.2) is 11.9 Å². The summed E-state index contributed by atoms with van der Waals surface area (Å²) in [4.78, 5) is 21.9. The molecule has 0 fully saturated rings. The number of nitrogens with zero attached hydrogens (tertiary/aromatic N) is 1. The molecule has 2 amide bonds. The zero-order chi connectivity index (χ0) is 8.85. The van der Waals surface area contributed by atoms with Gasteiger partial charge in [0.25, 0.3) is 5.91 Å². The highest BCUT2D eigenvalue weighted by Crippen LogP contribution is 1.86. The minimum absolute atomic E-state index is 0.296. The van der Waals surface area contributed by atoms with Gasteiger partial charge in [-0.05, 0) is 0 Å². The van der Waals surface area contributed by atoms with Gasteiger partial charge in [0.15, 0.2) is 0 Å². The van der Waals surface area contributed by atoms with E-state index in [1.165, 1.54) is 0 Å². The number of imide groups is 1. The molecule has 5 nitrogen and oxygen atoms in total. The van der Waals surface area contributed by atoms with Crippen LogP contribution in [-0.2, 0) is 9.59 Å². The molecule has 0 radical (unpaired) electrons. The minimum Gasteiger partial charge on any atom is -0.385 e. The molecule has 0 spiro atoms. The van der Waals surface area contributed by atoms with Crippen molar-refractivity contribution in [1.82, 2.24) is 10.2 Å². The second-order valence-electron chi connectivity index (χ2n) is 2.09. The van der Waals surface area contributed by atoms with Gasteiger partial charge in [-0.1, -0.05) is 0 Å². The van der Waals surface area contributed by atoms with Gasteiger partial charge < -0.3 is 10.6 Å². The van der Waals surface area contributed by atoms with Gasteiger partial charge in [-0.2, -0.15) is 0 Å². The molecular weight excluding hydrogens is 146 g/mol. The Morgan fingerprint density at radius 3 is 2.45 bits per heavy atom. The minimum atomic E-state index is -0.522. The highest BCUT2D eigenvalue weighted by atomic mass is 16.2. The summed E-state index contributed by atoms with van der Waals surface area (Å²) in [5.41, 5.74) is 5.36. The summed E-state index contributed by atoms with van der Waals surface area (Å²) in [7, 11) is 3.39. The third-order valence-electron chi connectivity index (χ3n) is 0.997. The van der Waals surface area contributed by atoms with Crippen molar-refractivity contribution < 1.29 is 9.59 Å². The standard InChI is InChI=1S/C6H11N3O2/c1-9(2)5(7)3-6(11)8-4-10/h3-4H,7H2,1-2H3,(H,8,10,11)/b5-3-. The molecule has 0 unspecified atom stereocenters. The van der Waals surface area contributed by atoms with Crippen LogP contribution >= 0.6 is 0 Å². The van der Waals surface area contributed by atoms with Gasteiger partial charge in [0, 0.05) is 20.2 Å². The van der Waals surface area contributed by atoms with E-state index in [0.29, 0.717) is 12.2 Å². The van der Waals surface area contributed by atoms with Gasteiger partial charge in [-0.3, -0.25) is 14.9 Å². The zero-order valence-electron chi connectivity index (χ0n) is 6.50. The molecule has 0 aromatic carbocycles. The maximum absolute atomic E-state index is 10.6. The van der Waals surface area contributed by atoms with Crippen molar-refractivity contribution in [2.75, 3.05) is 14.1 Å². The fourth-order valence-electron chi connectivity index (χ4n) is 0.363. The number of hydrogen-bond donors (Lipinski definition) is 2. The average Bonchev–Trinajstić information content (AvgIpc) is 1.87. The van der Waals surface area contributed by atoms with Crippen molar-refractivity contribution in [2.24, 2.45) is 5.73 Å². The number of carbonyl (C=O) groups is 2. The van der Waals surface area contributed by atoms with E-state index >= 15 is 0 Å². The number of nitrogens with two attached hydrogens (primary N) is 1. The lowest BCUT2D eigenvalue weighted by Crippen LogP contribution is -2.24. The maximum atomic E-state index is 10.6. The van der Waals surface area contributed by atoms with E-state index < -0.39 is 5.91 Å². The highest BCUT2D eigenvalue weighted by molar-refractivity contribution is 5.94. The molecule has 0 heterocycles. The lowest BCUT2D eigenvalue weighted by atomic mass is 10.5. The highest BCUT2D eigenvalue weighted by Gasteiger charge is 1.97. The van der Waals surface area contributed by atoms with Gasteiger partial charge in [0.05, 0.1) is 0 Å². The molecule has 0 atom stereocenters. The van der Waals surface area contributed by atoms with E-state index in [0.717, 1.165) is 6.08 Å². The molecule has 0 aromatic rings. The topological polar surface area (TPSA) is 75.4 Å². The fourth-order valence-corrected chi connectivity index (χ4v) is 0.363. The van der Waals surface area contributed by atoms with Crippen LogP contribution in [0.1, 0.15) is 0 Å². The third-order valence-corrected chi connectivity index (χ3v) is 0.997. The van der Waals surface area contributed by atoms with E-state index in [-0.39, 0.29) is 0 Å². The molecule has 0 aliphatic rings. The molecular formula is C6H11N3O2. The number of carbonyl (C=O) groups excluding carboxylic acids is 2. The second kappa shape index (κ2) is 4.32. The summed E-state index contributed by atoms with van der Waals surface area (Å²) in [6.45, 7) is 0. The van der Waals surface area contributed by atoms with Gasteiger partial charge in [0.1, 0.15) is 5.82 Å². The first-order valence-electron chi connectivity index (χ1n) is 2.96. The van der Waals surface area contributed by atoms with Crippen LogP contribution in [0.4, 0.5) is 0 Å². The summed E-state index contributed by atoms with van der Waals surface area (Å²) >= 11 is 0. The Labute approximate surface area is 64.8 Å². The van der Waals surface area contributed by atoms with Crippen LogP contribution in [0, 0.1) is 0 Å². The Balaban J connectivity index is 4.07. The Hall–Kier alpha value is -1.52. The molecule has 0 bridgehead atoms. The van der Waals surface area contributed by atoms with Gasteiger partial charge in [-0.25, -0.2) is 0 Å². The molecule has 0 rings (SSSR count). The molecule has 0 saturated carbocycles. The SMILES string of the molecule is CN(C)/C(N)=C\C(=O)NC=O. The average molecular weight is 157 g/mol. The smallest absolute Gasteiger partial charge is 0.253 e. The fraction of sp³-hybridized carbons (Fsp3) is 0.333. The van der Waals surface area contributed by atoms with Crippen molar-refractivity contribution in [3.05, 3.63) is 11.9 Å². The monoisotopic (exact) mass is 157 g/mol. The summed E-state index contributed by atoms with van der Waals surface area (Å²) < 4.78 is 0. The number of rotatable bonds is 3. The van der Waals surface area contributed by atoms with Gasteiger partial charge in [-0.15, -0.1) is 0 Å². The van der Waals surface area contributed by atoms with Crippen LogP contribution in [-0.4, -0.2) is 31.3 Å². The lowest BCUT2D eigenvalue weighted by molar-refractivity contribution is -0.121. The maximum Gasteiger partial charge on any atom is 0.253 e. The Morgan fingerprint density at radius 1 is 1.55 bits per heavy atom. The Bertz CT molecular complexity index is 186. The van der Waals surface area contributed by atoms with Crippen LogP contribution in [0.3, 0.4) is 0 Å². The summed E-state index contributed by atoms with van der Waals surface area (Å²) in [6.07, 6.45) is 1.44. The largest absolute Gasteiger partial charge is 0.385 e. The number of hydrogen-bond acceptors (Lipinski definition) is 4. The summed E-state index contributed by atoms with van der Waals surface area (Å²) in [5, 5.41) is 1.93. The second-order valence-corrected chi connectivity index (χ2v) is 2.09. The first-order valence-corrected chi connectivity index (χ1v) is 2.96. The molecule has 0 aliphatic heterocycles. The molecule has 0 aliphatic carbocycles. The van der Waals surface area contributed by atoms with Gasteiger partial charge in [0.2, 0.25) is 6.41 Å². The van der Waals surface area contributed by atoms with E-state index in [9.17, 15) is 9.59 Å². The van der Waals surface area contributed by atoms with E-state index in [1.807, 2.05) is 5.32 Å². The Morgan fingerprint density at radius 2 is 2.09 bits per heavy atom. The molecule has 0 saturated heterocycles. The summed E-state index contributed by atoms with van der Waals surface area (Å²) in [6, 6.07) is 0. The van der Waals surface area contributed by atoms with Crippen LogP contribution in [0.2, 0.25) is 0 Å². The van der Waals surface area contributed by atoms with E-state index in [1.54, 1.807) is 19.0 Å². The quantitative estimate of drug-likeness (QED) is 0.391. The lowest BCUT2D eigenvalue weighted by Gasteiger charge is -2.10. The van der Waals surface area contributed by atoms with E-state index in [2.05, 4.69) is 0 Å². The van der Waals surface area contributed by atoms with Crippen molar-refractivity contribution in [1.29, 1.82) is 0 Å². The normalized spacial score (nSPS) is 10.5. The Kier molecular flexibility index (Phi) is 3.72. The first-order chi connectivity index (χ1) is 5.07. The number of nitrogens with one attached hydrogen (secondary N) is 1. The predicted molar refractivity (Wildman–Crippen MR) is 40.2 cm³/mol. The molecule has 11 heavy (non-hydrogen) atoms. The van der Waals surface area contributed by atoms with Crippen molar-refractivity contribution >= 4 is 12.3 Å². The van der Waals surface area contributed by atoms with Crippen molar-refractivity contribution in [2.45, 2.75) is 0 Å². The van der Waals surface area contributed by atoms with Gasteiger partial charge >= 0.3 is 0 Å².